The molecule has 1 amide bonds. The van der Waals surface area contributed by atoms with Crippen LogP contribution in [0.2, 0.25) is 0 Å². The fraction of sp³-hybridized carbons (Fsp3) is 0.353. The zero-order valence-electron chi connectivity index (χ0n) is 13.4. The lowest BCUT2D eigenvalue weighted by Crippen LogP contribution is -2.27. The summed E-state index contributed by atoms with van der Waals surface area (Å²) >= 11 is 0. The SMILES string of the molecule is CC(C)n1cccc1C(=O)NCCCc1nnc2ccccn12. The molecule has 1 N–H and O–H groups in total. The van der Waals surface area contributed by atoms with E-state index in [1.54, 1.807) is 0 Å². The second-order valence-electron chi connectivity index (χ2n) is 5.80. The number of fused-ring (bicyclic) bond motifs is 1. The second kappa shape index (κ2) is 6.64. The van der Waals surface area contributed by atoms with Gasteiger partial charge in [-0.2, -0.15) is 0 Å². The molecule has 0 aliphatic carbocycles. The van der Waals surface area contributed by atoms with Crippen molar-refractivity contribution in [2.75, 3.05) is 6.54 Å². The van der Waals surface area contributed by atoms with Gasteiger partial charge in [0.05, 0.1) is 0 Å². The van der Waals surface area contributed by atoms with Crippen molar-refractivity contribution >= 4 is 11.6 Å². The van der Waals surface area contributed by atoms with Crippen molar-refractivity contribution in [3.8, 4) is 0 Å². The number of hydrogen-bond donors (Lipinski definition) is 1. The van der Waals surface area contributed by atoms with Gasteiger partial charge in [-0.05, 0) is 44.5 Å². The molecular formula is C17H21N5O. The maximum absolute atomic E-state index is 12.2. The predicted molar refractivity (Wildman–Crippen MR) is 88.5 cm³/mol. The second-order valence-corrected chi connectivity index (χ2v) is 5.80. The number of rotatable bonds is 6. The Balaban J connectivity index is 1.53. The molecule has 6 heteroatoms. The standard InChI is InChI=1S/C17H21N5O/c1-13(2)21-12-6-7-14(21)17(23)18-10-5-9-16-20-19-15-8-3-4-11-22(15)16/h3-4,6-8,11-13H,5,9-10H2,1-2H3,(H,18,23). The molecule has 0 aliphatic rings. The molecular weight excluding hydrogens is 290 g/mol. The van der Waals surface area contributed by atoms with E-state index in [1.165, 1.54) is 0 Å². The van der Waals surface area contributed by atoms with Gasteiger partial charge < -0.3 is 9.88 Å². The molecule has 3 rings (SSSR count). The molecule has 0 aromatic carbocycles. The van der Waals surface area contributed by atoms with Gasteiger partial charge in [-0.3, -0.25) is 9.20 Å². The van der Waals surface area contributed by atoms with E-state index in [0.717, 1.165) is 24.3 Å². The molecule has 0 fully saturated rings. The first-order valence-corrected chi connectivity index (χ1v) is 7.90. The van der Waals surface area contributed by atoms with E-state index in [2.05, 4.69) is 29.4 Å². The summed E-state index contributed by atoms with van der Waals surface area (Å²) in [7, 11) is 0. The van der Waals surface area contributed by atoms with E-state index in [1.807, 2.05) is 51.7 Å². The van der Waals surface area contributed by atoms with Crippen molar-refractivity contribution in [2.24, 2.45) is 0 Å². The van der Waals surface area contributed by atoms with Gasteiger partial charge in [0.25, 0.3) is 5.91 Å². The van der Waals surface area contributed by atoms with Crippen LogP contribution in [-0.2, 0) is 6.42 Å². The van der Waals surface area contributed by atoms with Gasteiger partial charge in [0.2, 0.25) is 0 Å². The van der Waals surface area contributed by atoms with Gasteiger partial charge in [-0.25, -0.2) is 0 Å². The topological polar surface area (TPSA) is 64.2 Å². The summed E-state index contributed by atoms with van der Waals surface area (Å²) in [6, 6.07) is 9.85. The Labute approximate surface area is 135 Å². The smallest absolute Gasteiger partial charge is 0.267 e. The molecule has 3 aromatic rings. The largest absolute Gasteiger partial charge is 0.351 e. The molecule has 0 bridgehead atoms. The number of nitrogens with zero attached hydrogens (tertiary/aromatic N) is 4. The van der Waals surface area contributed by atoms with Crippen molar-refractivity contribution in [2.45, 2.75) is 32.7 Å². The summed E-state index contributed by atoms with van der Waals surface area (Å²) in [6.07, 6.45) is 5.49. The summed E-state index contributed by atoms with van der Waals surface area (Å²) in [5, 5.41) is 11.3. The molecule has 0 unspecified atom stereocenters. The molecule has 0 saturated heterocycles. The number of carbonyl (C=O) groups excluding carboxylic acids is 1. The van der Waals surface area contributed by atoms with Crippen LogP contribution in [0, 0.1) is 0 Å². The first-order valence-electron chi connectivity index (χ1n) is 7.90. The van der Waals surface area contributed by atoms with Crippen molar-refractivity contribution < 1.29 is 4.79 Å². The van der Waals surface area contributed by atoms with Crippen molar-refractivity contribution in [1.82, 2.24) is 24.5 Å². The number of nitrogens with one attached hydrogen (secondary N) is 1. The van der Waals surface area contributed by atoms with Crippen LogP contribution < -0.4 is 5.32 Å². The Morgan fingerprint density at radius 2 is 2.04 bits per heavy atom. The fourth-order valence-electron chi connectivity index (χ4n) is 2.64. The molecule has 0 aliphatic heterocycles. The Kier molecular flexibility index (Phi) is 4.41. The molecule has 6 nitrogen and oxygen atoms in total. The van der Waals surface area contributed by atoms with Gasteiger partial charge in [0.1, 0.15) is 11.5 Å². The minimum atomic E-state index is -0.0326. The highest BCUT2D eigenvalue weighted by atomic mass is 16.1. The molecule has 0 radical (unpaired) electrons. The lowest BCUT2D eigenvalue weighted by molar-refractivity contribution is 0.0942. The lowest BCUT2D eigenvalue weighted by atomic mass is 10.3. The number of aryl methyl sites for hydroxylation is 1. The molecule has 0 saturated carbocycles. The van der Waals surface area contributed by atoms with Crippen LogP contribution in [0.3, 0.4) is 0 Å². The fourth-order valence-corrected chi connectivity index (χ4v) is 2.64. The van der Waals surface area contributed by atoms with Gasteiger partial charge in [-0.1, -0.05) is 6.07 Å². The van der Waals surface area contributed by atoms with E-state index in [0.29, 0.717) is 12.2 Å². The van der Waals surface area contributed by atoms with Crippen LogP contribution in [-0.4, -0.2) is 31.6 Å². The average Bonchev–Trinajstić information content (AvgIpc) is 3.18. The average molecular weight is 311 g/mol. The summed E-state index contributed by atoms with van der Waals surface area (Å²) < 4.78 is 3.95. The molecule has 3 aromatic heterocycles. The lowest BCUT2D eigenvalue weighted by Gasteiger charge is -2.12. The number of aromatic nitrogens is 4. The Bertz CT molecular complexity index is 802. The normalized spacial score (nSPS) is 11.3. The Morgan fingerprint density at radius 1 is 1.17 bits per heavy atom. The molecule has 120 valence electrons. The summed E-state index contributed by atoms with van der Waals surface area (Å²) in [6.45, 7) is 4.74. The minimum absolute atomic E-state index is 0.0326. The number of hydrogen-bond acceptors (Lipinski definition) is 3. The van der Waals surface area contributed by atoms with Gasteiger partial charge >= 0.3 is 0 Å². The van der Waals surface area contributed by atoms with E-state index >= 15 is 0 Å². The van der Waals surface area contributed by atoms with Crippen molar-refractivity contribution in [3.63, 3.8) is 0 Å². The summed E-state index contributed by atoms with van der Waals surface area (Å²) in [5.74, 6) is 0.884. The van der Waals surface area contributed by atoms with Crippen LogP contribution in [0.5, 0.6) is 0 Å². The monoisotopic (exact) mass is 311 g/mol. The molecule has 0 spiro atoms. The van der Waals surface area contributed by atoms with Crippen LogP contribution in [0.1, 0.15) is 42.6 Å². The van der Waals surface area contributed by atoms with Gasteiger partial charge in [0.15, 0.2) is 5.65 Å². The van der Waals surface area contributed by atoms with Crippen molar-refractivity contribution in [1.29, 1.82) is 0 Å². The quantitative estimate of drug-likeness (QED) is 0.711. The van der Waals surface area contributed by atoms with E-state index in [9.17, 15) is 4.79 Å². The van der Waals surface area contributed by atoms with Gasteiger partial charge in [-0.15, -0.1) is 10.2 Å². The van der Waals surface area contributed by atoms with Crippen molar-refractivity contribution in [3.05, 3.63) is 54.2 Å². The zero-order chi connectivity index (χ0) is 16.2. The van der Waals surface area contributed by atoms with E-state index < -0.39 is 0 Å². The third kappa shape index (κ3) is 3.26. The Morgan fingerprint density at radius 3 is 2.87 bits per heavy atom. The highest BCUT2D eigenvalue weighted by Gasteiger charge is 2.12. The van der Waals surface area contributed by atoms with Crippen LogP contribution in [0.4, 0.5) is 0 Å². The van der Waals surface area contributed by atoms with E-state index in [-0.39, 0.29) is 11.9 Å². The number of carbonyl (C=O) groups is 1. The minimum Gasteiger partial charge on any atom is -0.351 e. The highest BCUT2D eigenvalue weighted by molar-refractivity contribution is 5.92. The Hall–Kier alpha value is -2.63. The maximum atomic E-state index is 12.2. The number of amides is 1. The predicted octanol–water partition coefficient (Wildman–Crippen LogP) is 2.47. The van der Waals surface area contributed by atoms with Crippen LogP contribution >= 0.6 is 0 Å². The third-order valence-corrected chi connectivity index (χ3v) is 3.81. The molecule has 23 heavy (non-hydrogen) atoms. The summed E-state index contributed by atoms with van der Waals surface area (Å²) in [5.41, 5.74) is 1.55. The zero-order valence-corrected chi connectivity index (χ0v) is 13.4. The first kappa shape index (κ1) is 15.3. The summed E-state index contributed by atoms with van der Waals surface area (Å²) in [4.78, 5) is 12.2. The maximum Gasteiger partial charge on any atom is 0.267 e. The number of pyridine rings is 1. The van der Waals surface area contributed by atoms with E-state index in [4.69, 9.17) is 0 Å². The molecule has 0 atom stereocenters. The first-order chi connectivity index (χ1) is 11.2. The third-order valence-electron chi connectivity index (χ3n) is 3.81. The van der Waals surface area contributed by atoms with Crippen LogP contribution in [0.25, 0.3) is 5.65 Å². The highest BCUT2D eigenvalue weighted by Crippen LogP contribution is 2.10. The van der Waals surface area contributed by atoms with Gasteiger partial charge in [0, 0.05) is 31.4 Å². The molecule has 3 heterocycles. The van der Waals surface area contributed by atoms with Crippen LogP contribution in [0.15, 0.2) is 42.7 Å².